The number of hydrogen-bond donors (Lipinski definition) is 0. The Kier molecular flexibility index (Phi) is 3.94. The summed E-state index contributed by atoms with van der Waals surface area (Å²) in [5.41, 5.74) is 1.71. The van der Waals surface area contributed by atoms with Crippen LogP contribution in [0.1, 0.15) is 21.7 Å². The molecule has 0 unspecified atom stereocenters. The quantitative estimate of drug-likeness (QED) is 0.801. The molecule has 5 heteroatoms. The van der Waals surface area contributed by atoms with Crippen LogP contribution in [0.2, 0.25) is 10.2 Å². The predicted octanol–water partition coefficient (Wildman–Crippen LogP) is 3.96. The maximum atomic E-state index is 11.3. The van der Waals surface area contributed by atoms with Gasteiger partial charge in [0.2, 0.25) is 5.76 Å². The normalized spacial score (nSPS) is 10.4. The van der Waals surface area contributed by atoms with E-state index in [4.69, 9.17) is 27.6 Å². The summed E-state index contributed by atoms with van der Waals surface area (Å²) in [5.74, 6) is -0.450. The van der Waals surface area contributed by atoms with Gasteiger partial charge in [-0.1, -0.05) is 23.7 Å². The summed E-state index contributed by atoms with van der Waals surface area (Å²) in [7, 11) is 1.29. The van der Waals surface area contributed by atoms with Gasteiger partial charge in [-0.3, -0.25) is 0 Å². The highest BCUT2D eigenvalue weighted by Gasteiger charge is 2.16. The van der Waals surface area contributed by atoms with Crippen LogP contribution in [-0.4, -0.2) is 13.1 Å². The largest absolute Gasteiger partial charge is 0.463 e. The van der Waals surface area contributed by atoms with E-state index in [1.165, 1.54) is 7.11 Å². The van der Waals surface area contributed by atoms with Crippen molar-refractivity contribution in [2.45, 2.75) is 6.42 Å². The van der Waals surface area contributed by atoms with Gasteiger partial charge in [0.05, 0.1) is 7.11 Å². The Labute approximate surface area is 114 Å². The summed E-state index contributed by atoms with van der Waals surface area (Å²) in [6.45, 7) is 0. The molecule has 0 amide bonds. The number of ether oxygens (including phenoxy) is 1. The van der Waals surface area contributed by atoms with Gasteiger partial charge < -0.3 is 9.15 Å². The average molecular weight is 285 g/mol. The highest BCUT2D eigenvalue weighted by Crippen LogP contribution is 2.25. The van der Waals surface area contributed by atoms with Gasteiger partial charge in [0.1, 0.15) is 0 Å². The third kappa shape index (κ3) is 2.86. The van der Waals surface area contributed by atoms with Gasteiger partial charge in [-0.05, 0) is 35.4 Å². The molecular weight excluding hydrogens is 275 g/mol. The monoisotopic (exact) mass is 284 g/mol. The predicted molar refractivity (Wildman–Crippen MR) is 69.3 cm³/mol. The molecular formula is C13H10Cl2O3. The van der Waals surface area contributed by atoms with Crippen LogP contribution >= 0.6 is 23.2 Å². The second kappa shape index (κ2) is 5.46. The van der Waals surface area contributed by atoms with Crippen LogP contribution in [0.5, 0.6) is 0 Å². The molecule has 3 nitrogen and oxygen atoms in total. The number of hydrogen-bond acceptors (Lipinski definition) is 3. The van der Waals surface area contributed by atoms with E-state index in [0.29, 0.717) is 11.4 Å². The standard InChI is InChI=1S/C13H10Cl2O3/c1-17-13(16)11-7-9(12(15)18-11)5-8-3-2-4-10(14)6-8/h2-4,6-7H,5H2,1H3. The molecule has 0 bridgehead atoms. The number of carbonyl (C=O) groups is 1. The second-order valence-corrected chi connectivity index (χ2v) is 4.49. The van der Waals surface area contributed by atoms with Gasteiger partial charge >= 0.3 is 5.97 Å². The summed E-state index contributed by atoms with van der Waals surface area (Å²) >= 11 is 11.8. The first-order chi connectivity index (χ1) is 8.60. The fraction of sp³-hybridized carbons (Fsp3) is 0.154. The minimum atomic E-state index is -0.547. The maximum absolute atomic E-state index is 11.3. The van der Waals surface area contributed by atoms with Crippen LogP contribution in [0.3, 0.4) is 0 Å². The Balaban J connectivity index is 2.24. The van der Waals surface area contributed by atoms with Crippen molar-refractivity contribution in [1.82, 2.24) is 0 Å². The lowest BCUT2D eigenvalue weighted by molar-refractivity contribution is 0.0565. The topological polar surface area (TPSA) is 39.4 Å². The number of rotatable bonds is 3. The van der Waals surface area contributed by atoms with Crippen molar-refractivity contribution in [2.75, 3.05) is 7.11 Å². The number of carbonyl (C=O) groups excluding carboxylic acids is 1. The second-order valence-electron chi connectivity index (χ2n) is 3.71. The average Bonchev–Trinajstić information content (AvgIpc) is 2.70. The van der Waals surface area contributed by atoms with Crippen molar-refractivity contribution in [2.24, 2.45) is 0 Å². The summed E-state index contributed by atoms with van der Waals surface area (Å²) in [5, 5.41) is 0.843. The Hall–Kier alpha value is -1.45. The van der Waals surface area contributed by atoms with E-state index in [-0.39, 0.29) is 11.0 Å². The molecule has 0 saturated heterocycles. The molecule has 0 atom stereocenters. The van der Waals surface area contributed by atoms with Crippen LogP contribution in [-0.2, 0) is 11.2 Å². The van der Waals surface area contributed by atoms with Gasteiger partial charge in [0.15, 0.2) is 5.22 Å². The van der Waals surface area contributed by atoms with E-state index >= 15 is 0 Å². The lowest BCUT2D eigenvalue weighted by Gasteiger charge is -1.99. The van der Waals surface area contributed by atoms with E-state index in [2.05, 4.69) is 4.74 Å². The minimum absolute atomic E-state index is 0.0968. The molecule has 0 N–H and O–H groups in total. The van der Waals surface area contributed by atoms with E-state index < -0.39 is 5.97 Å². The Bertz CT molecular complexity index is 575. The zero-order valence-electron chi connectivity index (χ0n) is 9.57. The van der Waals surface area contributed by atoms with E-state index in [9.17, 15) is 4.79 Å². The Morgan fingerprint density at radius 1 is 1.33 bits per heavy atom. The molecule has 0 saturated carbocycles. The highest BCUT2D eigenvalue weighted by molar-refractivity contribution is 6.30. The molecule has 94 valence electrons. The molecule has 1 heterocycles. The molecule has 2 rings (SSSR count). The lowest BCUT2D eigenvalue weighted by atomic mass is 10.1. The summed E-state index contributed by atoms with van der Waals surface area (Å²) in [6.07, 6.45) is 0.542. The van der Waals surface area contributed by atoms with Crippen LogP contribution in [0, 0.1) is 0 Å². The van der Waals surface area contributed by atoms with Crippen LogP contribution in [0.15, 0.2) is 34.7 Å². The lowest BCUT2D eigenvalue weighted by Crippen LogP contribution is -1.98. The molecule has 18 heavy (non-hydrogen) atoms. The highest BCUT2D eigenvalue weighted by atomic mass is 35.5. The van der Waals surface area contributed by atoms with Gasteiger partial charge in [-0.25, -0.2) is 4.79 Å². The molecule has 0 fully saturated rings. The third-order valence-electron chi connectivity index (χ3n) is 2.43. The summed E-state index contributed by atoms with van der Waals surface area (Å²) < 4.78 is 9.69. The molecule has 0 aliphatic rings. The third-order valence-corrected chi connectivity index (χ3v) is 2.98. The van der Waals surface area contributed by atoms with Crippen molar-refractivity contribution in [1.29, 1.82) is 0 Å². The number of benzene rings is 1. The molecule has 0 radical (unpaired) electrons. The fourth-order valence-corrected chi connectivity index (χ4v) is 2.01. The van der Waals surface area contributed by atoms with Crippen molar-refractivity contribution >= 4 is 29.2 Å². The molecule has 0 aliphatic carbocycles. The first-order valence-corrected chi connectivity index (χ1v) is 5.96. The number of halogens is 2. The smallest absolute Gasteiger partial charge is 0.374 e. The van der Waals surface area contributed by atoms with Crippen LogP contribution in [0.25, 0.3) is 0 Å². The molecule has 2 aromatic rings. The minimum Gasteiger partial charge on any atom is -0.463 e. The Morgan fingerprint density at radius 3 is 2.78 bits per heavy atom. The van der Waals surface area contributed by atoms with E-state index in [0.717, 1.165) is 11.1 Å². The summed E-state index contributed by atoms with van der Waals surface area (Å²) in [6, 6.07) is 8.99. The van der Waals surface area contributed by atoms with E-state index in [1.54, 1.807) is 12.1 Å². The fourth-order valence-electron chi connectivity index (χ4n) is 1.60. The molecule has 0 spiro atoms. The molecule has 1 aromatic heterocycles. The summed E-state index contributed by atoms with van der Waals surface area (Å²) in [4.78, 5) is 11.3. The van der Waals surface area contributed by atoms with Gasteiger partial charge in [0.25, 0.3) is 0 Å². The molecule has 0 aliphatic heterocycles. The number of furan rings is 1. The first-order valence-electron chi connectivity index (χ1n) is 5.21. The maximum Gasteiger partial charge on any atom is 0.374 e. The van der Waals surface area contributed by atoms with Crippen molar-refractivity contribution in [3.63, 3.8) is 0 Å². The van der Waals surface area contributed by atoms with Crippen molar-refractivity contribution < 1.29 is 13.9 Å². The number of esters is 1. The van der Waals surface area contributed by atoms with Crippen molar-refractivity contribution in [3.05, 3.63) is 57.5 Å². The van der Waals surface area contributed by atoms with Crippen molar-refractivity contribution in [3.8, 4) is 0 Å². The molecule has 1 aromatic carbocycles. The zero-order chi connectivity index (χ0) is 13.1. The van der Waals surface area contributed by atoms with Gasteiger partial charge in [-0.2, -0.15) is 0 Å². The Morgan fingerprint density at radius 2 is 2.11 bits per heavy atom. The number of methoxy groups -OCH3 is 1. The van der Waals surface area contributed by atoms with Gasteiger partial charge in [-0.15, -0.1) is 0 Å². The van der Waals surface area contributed by atoms with Crippen LogP contribution < -0.4 is 0 Å². The van der Waals surface area contributed by atoms with Crippen LogP contribution in [0.4, 0.5) is 0 Å². The van der Waals surface area contributed by atoms with E-state index in [1.807, 2.05) is 18.2 Å². The van der Waals surface area contributed by atoms with Gasteiger partial charge in [0, 0.05) is 17.0 Å². The first kappa shape index (κ1) is 13.0. The SMILES string of the molecule is COC(=O)c1cc(Cc2cccc(Cl)c2)c(Cl)o1. The zero-order valence-corrected chi connectivity index (χ0v) is 11.1.